The summed E-state index contributed by atoms with van der Waals surface area (Å²) < 4.78 is 0. The third kappa shape index (κ3) is 7.09. The lowest BCUT2D eigenvalue weighted by Crippen LogP contribution is -2.46. The van der Waals surface area contributed by atoms with Gasteiger partial charge in [-0.2, -0.15) is 23.5 Å². The van der Waals surface area contributed by atoms with Crippen LogP contribution in [0.3, 0.4) is 0 Å². The second kappa shape index (κ2) is 9.36. The van der Waals surface area contributed by atoms with Crippen molar-refractivity contribution in [2.75, 3.05) is 24.0 Å². The number of amides is 1. The van der Waals surface area contributed by atoms with Crippen molar-refractivity contribution in [2.24, 2.45) is 5.73 Å². The van der Waals surface area contributed by atoms with E-state index in [0.29, 0.717) is 0 Å². The van der Waals surface area contributed by atoms with E-state index in [-0.39, 0.29) is 18.0 Å². The molecule has 1 unspecified atom stereocenters. The van der Waals surface area contributed by atoms with Crippen LogP contribution in [0.5, 0.6) is 0 Å². The zero-order chi connectivity index (χ0) is 11.7. The highest BCUT2D eigenvalue weighted by Crippen LogP contribution is 2.03. The summed E-state index contributed by atoms with van der Waals surface area (Å²) in [7, 11) is 0. The van der Waals surface area contributed by atoms with E-state index in [0.717, 1.165) is 24.3 Å². The fourth-order valence-corrected chi connectivity index (χ4v) is 2.36. The molecule has 5 heteroatoms. The normalized spacial score (nSPS) is 14.7. The molecule has 0 aliphatic heterocycles. The predicted octanol–water partition coefficient (Wildman–Crippen LogP) is 1.32. The van der Waals surface area contributed by atoms with Crippen LogP contribution in [0.25, 0.3) is 0 Å². The van der Waals surface area contributed by atoms with E-state index >= 15 is 0 Å². The van der Waals surface area contributed by atoms with Crippen LogP contribution in [0.2, 0.25) is 0 Å². The molecule has 0 saturated heterocycles. The average molecular weight is 250 g/mol. The van der Waals surface area contributed by atoms with Gasteiger partial charge in [0.25, 0.3) is 0 Å². The Morgan fingerprint density at radius 2 is 2.07 bits per heavy atom. The van der Waals surface area contributed by atoms with E-state index < -0.39 is 0 Å². The Bertz CT molecular complexity index is 179. The van der Waals surface area contributed by atoms with Crippen LogP contribution in [-0.4, -0.2) is 42.0 Å². The lowest BCUT2D eigenvalue weighted by molar-refractivity contribution is -0.122. The zero-order valence-electron chi connectivity index (χ0n) is 9.79. The van der Waals surface area contributed by atoms with Crippen LogP contribution in [0.15, 0.2) is 0 Å². The second-order valence-electron chi connectivity index (χ2n) is 3.46. The molecule has 0 aromatic heterocycles. The Hall–Kier alpha value is 0.130. The summed E-state index contributed by atoms with van der Waals surface area (Å²) in [5, 5.41) is 2.98. The number of thioether (sulfide) groups is 2. The van der Waals surface area contributed by atoms with Crippen molar-refractivity contribution in [1.82, 2.24) is 5.32 Å². The summed E-state index contributed by atoms with van der Waals surface area (Å²) in [6.45, 7) is 2.08. The molecule has 0 rings (SSSR count). The van der Waals surface area contributed by atoms with Crippen LogP contribution >= 0.6 is 23.5 Å². The minimum Gasteiger partial charge on any atom is -0.351 e. The monoisotopic (exact) mass is 250 g/mol. The number of hydrogen-bond acceptors (Lipinski definition) is 4. The fraction of sp³-hybridized carbons (Fsp3) is 0.900. The molecule has 0 radical (unpaired) electrons. The van der Waals surface area contributed by atoms with E-state index in [1.807, 2.05) is 12.5 Å². The first-order valence-corrected chi connectivity index (χ1v) is 7.98. The lowest BCUT2D eigenvalue weighted by Gasteiger charge is -2.18. The third-order valence-corrected chi connectivity index (χ3v) is 3.56. The average Bonchev–Trinajstić information content (AvgIpc) is 2.24. The Labute approximate surface area is 101 Å². The van der Waals surface area contributed by atoms with E-state index in [2.05, 4.69) is 12.2 Å². The van der Waals surface area contributed by atoms with Crippen LogP contribution in [0.4, 0.5) is 0 Å². The highest BCUT2D eigenvalue weighted by molar-refractivity contribution is 7.98. The molecule has 0 spiro atoms. The standard InChI is InChI=1S/C10H22N2OS2/c1-4-8(7-15-3)12-10(13)9(11)5-6-14-2/h8-9H,4-7,11H2,1-3H3,(H,12,13)/t8?,9-/m0/s1. The maximum atomic E-state index is 11.6. The number of nitrogens with two attached hydrogens (primary N) is 1. The molecule has 0 aromatic rings. The van der Waals surface area contributed by atoms with Gasteiger partial charge in [-0.3, -0.25) is 4.79 Å². The molecule has 0 heterocycles. The van der Waals surface area contributed by atoms with Crippen molar-refractivity contribution in [3.8, 4) is 0 Å². The number of nitrogens with one attached hydrogen (secondary N) is 1. The van der Waals surface area contributed by atoms with E-state index in [4.69, 9.17) is 5.73 Å². The van der Waals surface area contributed by atoms with Gasteiger partial charge in [-0.05, 0) is 31.1 Å². The summed E-state index contributed by atoms with van der Waals surface area (Å²) >= 11 is 3.46. The highest BCUT2D eigenvalue weighted by atomic mass is 32.2. The molecule has 0 fully saturated rings. The highest BCUT2D eigenvalue weighted by Gasteiger charge is 2.16. The maximum Gasteiger partial charge on any atom is 0.237 e. The van der Waals surface area contributed by atoms with E-state index in [1.54, 1.807) is 23.5 Å². The number of carbonyl (C=O) groups excluding carboxylic acids is 1. The summed E-state index contributed by atoms with van der Waals surface area (Å²) in [5.74, 6) is 1.88. The second-order valence-corrected chi connectivity index (χ2v) is 5.35. The molecular weight excluding hydrogens is 228 g/mol. The first-order chi connectivity index (χ1) is 7.15. The molecule has 1 amide bonds. The fourth-order valence-electron chi connectivity index (χ4n) is 1.15. The molecule has 0 bridgehead atoms. The Kier molecular flexibility index (Phi) is 9.44. The third-order valence-electron chi connectivity index (χ3n) is 2.18. The molecule has 0 aliphatic rings. The van der Waals surface area contributed by atoms with Gasteiger partial charge < -0.3 is 11.1 Å². The molecule has 3 nitrogen and oxygen atoms in total. The Morgan fingerprint density at radius 1 is 1.40 bits per heavy atom. The number of hydrogen-bond donors (Lipinski definition) is 2. The molecule has 3 N–H and O–H groups in total. The van der Waals surface area contributed by atoms with Gasteiger partial charge in [0.2, 0.25) is 5.91 Å². The van der Waals surface area contributed by atoms with Gasteiger partial charge in [0.1, 0.15) is 0 Å². The predicted molar refractivity (Wildman–Crippen MR) is 71.6 cm³/mol. The summed E-state index contributed by atoms with van der Waals surface area (Å²) in [6.07, 6.45) is 5.78. The molecule has 0 aromatic carbocycles. The van der Waals surface area contributed by atoms with Gasteiger partial charge in [0.05, 0.1) is 6.04 Å². The maximum absolute atomic E-state index is 11.6. The van der Waals surface area contributed by atoms with Crippen molar-refractivity contribution >= 4 is 29.4 Å². The smallest absolute Gasteiger partial charge is 0.237 e. The van der Waals surface area contributed by atoms with Gasteiger partial charge in [0.15, 0.2) is 0 Å². The first-order valence-electron chi connectivity index (χ1n) is 5.19. The van der Waals surface area contributed by atoms with Gasteiger partial charge in [-0.1, -0.05) is 6.92 Å². The molecule has 90 valence electrons. The Morgan fingerprint density at radius 3 is 2.53 bits per heavy atom. The van der Waals surface area contributed by atoms with Crippen LogP contribution in [0, 0.1) is 0 Å². The first kappa shape index (κ1) is 15.1. The zero-order valence-corrected chi connectivity index (χ0v) is 11.4. The molecular formula is C10H22N2OS2. The van der Waals surface area contributed by atoms with Crippen LogP contribution < -0.4 is 11.1 Å². The van der Waals surface area contributed by atoms with Gasteiger partial charge >= 0.3 is 0 Å². The minimum absolute atomic E-state index is 0.00931. The Balaban J connectivity index is 3.87. The number of rotatable bonds is 8. The lowest BCUT2D eigenvalue weighted by atomic mass is 10.2. The molecule has 15 heavy (non-hydrogen) atoms. The topological polar surface area (TPSA) is 55.1 Å². The van der Waals surface area contributed by atoms with Crippen molar-refractivity contribution in [1.29, 1.82) is 0 Å². The molecule has 0 saturated carbocycles. The van der Waals surface area contributed by atoms with Crippen LogP contribution in [-0.2, 0) is 4.79 Å². The van der Waals surface area contributed by atoms with E-state index in [9.17, 15) is 4.79 Å². The SMILES string of the molecule is CCC(CSC)NC(=O)[C@@H](N)CCSC. The summed E-state index contributed by atoms with van der Waals surface area (Å²) in [5.41, 5.74) is 5.77. The van der Waals surface area contributed by atoms with Gasteiger partial charge in [-0.15, -0.1) is 0 Å². The summed E-state index contributed by atoms with van der Waals surface area (Å²) in [4.78, 5) is 11.6. The summed E-state index contributed by atoms with van der Waals surface area (Å²) in [6, 6.07) is -0.0961. The van der Waals surface area contributed by atoms with Gasteiger partial charge in [-0.25, -0.2) is 0 Å². The van der Waals surface area contributed by atoms with Crippen LogP contribution in [0.1, 0.15) is 19.8 Å². The minimum atomic E-state index is -0.353. The van der Waals surface area contributed by atoms with Crippen molar-refractivity contribution in [3.63, 3.8) is 0 Å². The van der Waals surface area contributed by atoms with E-state index in [1.165, 1.54) is 0 Å². The van der Waals surface area contributed by atoms with Gasteiger partial charge in [0, 0.05) is 11.8 Å². The van der Waals surface area contributed by atoms with Crippen molar-refractivity contribution in [2.45, 2.75) is 31.8 Å². The van der Waals surface area contributed by atoms with Crippen molar-refractivity contribution in [3.05, 3.63) is 0 Å². The molecule has 2 atom stereocenters. The number of carbonyl (C=O) groups is 1. The molecule has 0 aliphatic carbocycles. The van der Waals surface area contributed by atoms with Crippen molar-refractivity contribution < 1.29 is 4.79 Å². The quantitative estimate of drug-likeness (QED) is 0.682. The largest absolute Gasteiger partial charge is 0.351 e.